The molecule has 0 saturated heterocycles. The fourth-order valence-corrected chi connectivity index (χ4v) is 3.94. The van der Waals surface area contributed by atoms with E-state index in [0.717, 1.165) is 16.1 Å². The first-order valence-electron chi connectivity index (χ1n) is 8.88. The van der Waals surface area contributed by atoms with E-state index in [2.05, 4.69) is 10.3 Å². The van der Waals surface area contributed by atoms with Crippen molar-refractivity contribution in [3.8, 4) is 0 Å². The number of hydrogen-bond donors (Lipinski definition) is 1. The molecule has 3 rings (SSSR count). The zero-order chi connectivity index (χ0) is 20.8. The van der Waals surface area contributed by atoms with Crippen molar-refractivity contribution in [2.75, 3.05) is 0 Å². The molecule has 2 aromatic heterocycles. The minimum Gasteiger partial charge on any atom is -0.351 e. The number of carbonyl (C=O) groups is 2. The van der Waals surface area contributed by atoms with Gasteiger partial charge in [0, 0.05) is 24.5 Å². The van der Waals surface area contributed by atoms with Crippen LogP contribution in [0.5, 0.6) is 0 Å². The zero-order valence-electron chi connectivity index (χ0n) is 15.7. The van der Waals surface area contributed by atoms with Gasteiger partial charge in [0.05, 0.1) is 33.7 Å². The second-order valence-electron chi connectivity index (χ2n) is 6.41. The van der Waals surface area contributed by atoms with Crippen LogP contribution in [-0.4, -0.2) is 21.7 Å². The van der Waals surface area contributed by atoms with Crippen molar-refractivity contribution in [3.05, 3.63) is 85.8 Å². The maximum Gasteiger partial charge on any atom is 0.264 e. The Balaban J connectivity index is 1.82. The Morgan fingerprint density at radius 3 is 2.59 bits per heavy atom. The summed E-state index contributed by atoms with van der Waals surface area (Å²) >= 11 is 13.5. The van der Waals surface area contributed by atoms with Crippen LogP contribution in [0.3, 0.4) is 0 Å². The summed E-state index contributed by atoms with van der Waals surface area (Å²) in [6.07, 6.45) is 1.70. The molecule has 2 heterocycles. The normalized spacial score (nSPS) is 10.6. The largest absolute Gasteiger partial charge is 0.351 e. The van der Waals surface area contributed by atoms with Gasteiger partial charge in [-0.15, -0.1) is 11.3 Å². The van der Waals surface area contributed by atoms with E-state index in [-0.39, 0.29) is 11.8 Å². The van der Waals surface area contributed by atoms with Gasteiger partial charge in [0.1, 0.15) is 0 Å². The lowest BCUT2D eigenvalue weighted by Crippen LogP contribution is -2.30. The van der Waals surface area contributed by atoms with Crippen LogP contribution in [0.2, 0.25) is 10.0 Å². The molecule has 3 aromatic rings. The summed E-state index contributed by atoms with van der Waals surface area (Å²) in [6.45, 7) is 2.59. The molecule has 2 amide bonds. The smallest absolute Gasteiger partial charge is 0.264 e. The van der Waals surface area contributed by atoms with Crippen LogP contribution in [0.1, 0.15) is 32.7 Å². The van der Waals surface area contributed by atoms with Gasteiger partial charge in [-0.2, -0.15) is 0 Å². The number of thiophene rings is 1. The number of aromatic nitrogens is 1. The molecular formula is C21H19Cl2N3O2S. The highest BCUT2D eigenvalue weighted by molar-refractivity contribution is 7.14. The molecule has 0 radical (unpaired) electrons. The average molecular weight is 448 g/mol. The Hall–Kier alpha value is -2.41. The van der Waals surface area contributed by atoms with Crippen LogP contribution in [0.4, 0.5) is 0 Å². The van der Waals surface area contributed by atoms with Crippen molar-refractivity contribution in [1.29, 1.82) is 0 Å². The van der Waals surface area contributed by atoms with E-state index < -0.39 is 0 Å². The molecule has 1 N–H and O–H groups in total. The van der Waals surface area contributed by atoms with Crippen LogP contribution in [0, 0.1) is 0 Å². The van der Waals surface area contributed by atoms with Crippen LogP contribution in [0.15, 0.2) is 54.7 Å². The van der Waals surface area contributed by atoms with E-state index in [1.165, 1.54) is 18.3 Å². The van der Waals surface area contributed by atoms with Gasteiger partial charge in [0.2, 0.25) is 5.91 Å². The molecule has 150 valence electrons. The number of pyridine rings is 1. The highest BCUT2D eigenvalue weighted by Crippen LogP contribution is 2.25. The van der Waals surface area contributed by atoms with Crippen LogP contribution in [-0.2, 0) is 24.4 Å². The first kappa shape index (κ1) is 21.3. The van der Waals surface area contributed by atoms with Crippen molar-refractivity contribution < 1.29 is 9.59 Å². The van der Waals surface area contributed by atoms with Crippen molar-refractivity contribution in [3.63, 3.8) is 0 Å². The Bertz CT molecular complexity index is 1010. The molecule has 0 unspecified atom stereocenters. The van der Waals surface area contributed by atoms with E-state index in [1.807, 2.05) is 30.3 Å². The molecule has 0 aliphatic carbocycles. The molecule has 0 aliphatic rings. The topological polar surface area (TPSA) is 62.3 Å². The lowest BCUT2D eigenvalue weighted by molar-refractivity contribution is -0.119. The van der Waals surface area contributed by atoms with E-state index in [1.54, 1.807) is 29.3 Å². The number of halogens is 2. The SMILES string of the molecule is CC(=O)NCc1ccc(C(=O)N(Cc2ccc(Cl)c(Cl)c2)Cc2ccccn2)s1. The van der Waals surface area contributed by atoms with Crippen molar-refractivity contribution in [2.45, 2.75) is 26.6 Å². The molecular weight excluding hydrogens is 429 g/mol. The van der Waals surface area contributed by atoms with Crippen molar-refractivity contribution in [1.82, 2.24) is 15.2 Å². The number of nitrogens with zero attached hydrogens (tertiary/aromatic N) is 2. The van der Waals surface area contributed by atoms with E-state index in [4.69, 9.17) is 23.2 Å². The third kappa shape index (κ3) is 6.03. The van der Waals surface area contributed by atoms with E-state index in [0.29, 0.717) is 34.6 Å². The van der Waals surface area contributed by atoms with Gasteiger partial charge in [-0.05, 0) is 42.0 Å². The lowest BCUT2D eigenvalue weighted by atomic mass is 10.2. The highest BCUT2D eigenvalue weighted by Gasteiger charge is 2.19. The molecule has 0 aliphatic heterocycles. The zero-order valence-corrected chi connectivity index (χ0v) is 18.0. The van der Waals surface area contributed by atoms with Crippen LogP contribution >= 0.6 is 34.5 Å². The minimum absolute atomic E-state index is 0.109. The second kappa shape index (κ2) is 9.87. The third-order valence-corrected chi connectivity index (χ3v) is 5.92. The van der Waals surface area contributed by atoms with Gasteiger partial charge < -0.3 is 10.2 Å². The fourth-order valence-electron chi connectivity index (χ4n) is 2.70. The average Bonchev–Trinajstić information content (AvgIpc) is 3.18. The molecule has 5 nitrogen and oxygen atoms in total. The van der Waals surface area contributed by atoms with Gasteiger partial charge in [-0.1, -0.05) is 35.3 Å². The lowest BCUT2D eigenvalue weighted by Gasteiger charge is -2.22. The molecule has 0 spiro atoms. The predicted octanol–water partition coefficient (Wildman–Crippen LogP) is 4.93. The maximum atomic E-state index is 13.2. The first-order chi connectivity index (χ1) is 13.9. The van der Waals surface area contributed by atoms with Gasteiger partial charge >= 0.3 is 0 Å². The Kier molecular flexibility index (Phi) is 7.25. The number of nitrogens with one attached hydrogen (secondary N) is 1. The Morgan fingerprint density at radius 1 is 1.07 bits per heavy atom. The summed E-state index contributed by atoms with van der Waals surface area (Å²) < 4.78 is 0. The number of hydrogen-bond acceptors (Lipinski definition) is 4. The standard InChI is InChI=1S/C21H19Cl2N3O2S/c1-14(27)25-11-17-6-8-20(29-17)21(28)26(13-16-4-2-3-9-24-16)12-15-5-7-18(22)19(23)10-15/h2-10H,11-13H2,1H3,(H,25,27). The molecule has 0 bridgehead atoms. The first-order valence-corrected chi connectivity index (χ1v) is 10.5. The Labute approximate surface area is 183 Å². The number of rotatable bonds is 7. The molecule has 8 heteroatoms. The molecule has 0 atom stereocenters. The van der Waals surface area contributed by atoms with Gasteiger partial charge in [0.25, 0.3) is 5.91 Å². The van der Waals surface area contributed by atoms with Gasteiger partial charge in [0.15, 0.2) is 0 Å². The summed E-state index contributed by atoms with van der Waals surface area (Å²) in [6, 6.07) is 14.6. The molecule has 0 fully saturated rings. The number of amides is 2. The maximum absolute atomic E-state index is 13.2. The van der Waals surface area contributed by atoms with Crippen molar-refractivity contribution >= 4 is 46.4 Å². The van der Waals surface area contributed by atoms with Gasteiger partial charge in [-0.25, -0.2) is 0 Å². The molecule has 0 saturated carbocycles. The summed E-state index contributed by atoms with van der Waals surface area (Å²) in [7, 11) is 0. The Morgan fingerprint density at radius 2 is 1.90 bits per heavy atom. The van der Waals surface area contributed by atoms with E-state index >= 15 is 0 Å². The summed E-state index contributed by atoms with van der Waals surface area (Å²) in [5.41, 5.74) is 1.66. The third-order valence-electron chi connectivity index (χ3n) is 4.11. The highest BCUT2D eigenvalue weighted by atomic mass is 35.5. The quantitative estimate of drug-likeness (QED) is 0.558. The predicted molar refractivity (Wildman–Crippen MR) is 116 cm³/mol. The molecule has 29 heavy (non-hydrogen) atoms. The van der Waals surface area contributed by atoms with Crippen LogP contribution in [0.25, 0.3) is 0 Å². The summed E-state index contributed by atoms with van der Waals surface area (Å²) in [4.78, 5) is 31.9. The van der Waals surface area contributed by atoms with Crippen LogP contribution < -0.4 is 5.32 Å². The van der Waals surface area contributed by atoms with E-state index in [9.17, 15) is 9.59 Å². The monoisotopic (exact) mass is 447 g/mol. The summed E-state index contributed by atoms with van der Waals surface area (Å²) in [5.74, 6) is -0.219. The van der Waals surface area contributed by atoms with Crippen molar-refractivity contribution in [2.24, 2.45) is 0 Å². The summed E-state index contributed by atoms with van der Waals surface area (Å²) in [5, 5.41) is 3.66. The minimum atomic E-state index is -0.110. The van der Waals surface area contributed by atoms with Gasteiger partial charge in [-0.3, -0.25) is 14.6 Å². The number of carbonyl (C=O) groups excluding carboxylic acids is 2. The number of benzene rings is 1. The second-order valence-corrected chi connectivity index (χ2v) is 8.39. The molecule has 1 aromatic carbocycles. The fraction of sp³-hybridized carbons (Fsp3) is 0.190.